The van der Waals surface area contributed by atoms with Crippen molar-refractivity contribution in [1.29, 1.82) is 0 Å². The number of ether oxygens (including phenoxy) is 1. The van der Waals surface area contributed by atoms with E-state index in [-0.39, 0.29) is 18.2 Å². The smallest absolute Gasteiger partial charge is 0.247 e. The van der Waals surface area contributed by atoms with E-state index >= 15 is 0 Å². The standard InChI is InChI=1S/C24H20BrClN2O3/c1-3-23(29)28-20-7-5-4-6-16(20)13-24(30)27-17-9-11-22(19(26)14-17)31-21-10-8-15(2)12-18(21)25/h3-12,14H,1,13H2,2H3,(H,27,30)(H,28,29). The molecule has 0 saturated carbocycles. The Morgan fingerprint density at radius 3 is 2.52 bits per heavy atom. The molecular weight excluding hydrogens is 480 g/mol. The molecule has 0 fully saturated rings. The number of para-hydroxylation sites is 1. The normalized spacial score (nSPS) is 10.3. The lowest BCUT2D eigenvalue weighted by Gasteiger charge is -2.13. The van der Waals surface area contributed by atoms with Gasteiger partial charge in [0, 0.05) is 11.4 Å². The first-order valence-corrected chi connectivity index (χ1v) is 10.6. The number of hydrogen-bond acceptors (Lipinski definition) is 3. The number of carbonyl (C=O) groups excluding carboxylic acids is 2. The number of amides is 2. The van der Waals surface area contributed by atoms with Gasteiger partial charge in [-0.1, -0.05) is 42.4 Å². The molecule has 0 aromatic heterocycles. The summed E-state index contributed by atoms with van der Waals surface area (Å²) < 4.78 is 6.70. The predicted octanol–water partition coefficient (Wildman–Crippen LogP) is 6.51. The number of nitrogens with one attached hydrogen (secondary N) is 2. The van der Waals surface area contributed by atoms with Crippen LogP contribution in [0.5, 0.6) is 11.5 Å². The summed E-state index contributed by atoms with van der Waals surface area (Å²) in [6.45, 7) is 5.43. The van der Waals surface area contributed by atoms with Crippen molar-refractivity contribution in [2.75, 3.05) is 10.6 Å². The highest BCUT2D eigenvalue weighted by Gasteiger charge is 2.12. The minimum absolute atomic E-state index is 0.0831. The SMILES string of the molecule is C=CC(=O)Nc1ccccc1CC(=O)Nc1ccc(Oc2ccc(C)cc2Br)c(Cl)c1. The van der Waals surface area contributed by atoms with Gasteiger partial charge >= 0.3 is 0 Å². The van der Waals surface area contributed by atoms with Crippen LogP contribution >= 0.6 is 27.5 Å². The average molecular weight is 500 g/mol. The average Bonchev–Trinajstić information content (AvgIpc) is 2.73. The zero-order chi connectivity index (χ0) is 22.4. The Labute approximate surface area is 194 Å². The Kier molecular flexibility index (Phi) is 7.50. The highest BCUT2D eigenvalue weighted by Crippen LogP contribution is 2.35. The molecule has 0 aliphatic carbocycles. The second kappa shape index (κ2) is 10.3. The predicted molar refractivity (Wildman–Crippen MR) is 128 cm³/mol. The number of rotatable bonds is 7. The molecule has 158 valence electrons. The number of benzene rings is 3. The van der Waals surface area contributed by atoms with Gasteiger partial charge < -0.3 is 15.4 Å². The molecule has 0 aliphatic rings. The van der Waals surface area contributed by atoms with Crippen LogP contribution in [0.3, 0.4) is 0 Å². The first-order valence-electron chi connectivity index (χ1n) is 9.40. The second-order valence-corrected chi connectivity index (χ2v) is 8.02. The quantitative estimate of drug-likeness (QED) is 0.364. The Bertz CT molecular complexity index is 1150. The Balaban J connectivity index is 1.68. The van der Waals surface area contributed by atoms with Gasteiger partial charge in [0.15, 0.2) is 0 Å². The van der Waals surface area contributed by atoms with Gasteiger partial charge in [-0.25, -0.2) is 0 Å². The second-order valence-electron chi connectivity index (χ2n) is 6.76. The Morgan fingerprint density at radius 2 is 1.81 bits per heavy atom. The van der Waals surface area contributed by atoms with E-state index in [9.17, 15) is 9.59 Å². The van der Waals surface area contributed by atoms with Gasteiger partial charge in [0.05, 0.1) is 15.9 Å². The summed E-state index contributed by atoms with van der Waals surface area (Å²) in [5, 5.41) is 5.88. The fourth-order valence-electron chi connectivity index (χ4n) is 2.83. The maximum atomic E-state index is 12.5. The minimum atomic E-state index is -0.338. The van der Waals surface area contributed by atoms with Crippen LogP contribution in [0.1, 0.15) is 11.1 Å². The third-order valence-corrected chi connectivity index (χ3v) is 5.25. The van der Waals surface area contributed by atoms with Gasteiger partial charge in [-0.2, -0.15) is 0 Å². The van der Waals surface area contributed by atoms with E-state index in [1.54, 1.807) is 42.5 Å². The minimum Gasteiger partial charge on any atom is -0.455 e. The van der Waals surface area contributed by atoms with E-state index < -0.39 is 0 Å². The highest BCUT2D eigenvalue weighted by atomic mass is 79.9. The molecule has 5 nitrogen and oxygen atoms in total. The number of halogens is 2. The van der Waals surface area contributed by atoms with E-state index in [0.717, 1.165) is 10.0 Å². The van der Waals surface area contributed by atoms with Gasteiger partial charge in [-0.15, -0.1) is 0 Å². The van der Waals surface area contributed by atoms with Gasteiger partial charge in [0.1, 0.15) is 11.5 Å². The van der Waals surface area contributed by atoms with Gasteiger partial charge in [0.2, 0.25) is 11.8 Å². The van der Waals surface area contributed by atoms with Crippen molar-refractivity contribution < 1.29 is 14.3 Å². The molecule has 0 unspecified atom stereocenters. The van der Waals surface area contributed by atoms with Crippen LogP contribution in [-0.2, 0) is 16.0 Å². The summed E-state index contributed by atoms with van der Waals surface area (Å²) in [6, 6.07) is 17.9. The maximum absolute atomic E-state index is 12.5. The fourth-order valence-corrected chi connectivity index (χ4v) is 3.62. The molecule has 3 aromatic carbocycles. The summed E-state index contributed by atoms with van der Waals surface area (Å²) in [6.07, 6.45) is 1.26. The maximum Gasteiger partial charge on any atom is 0.247 e. The zero-order valence-electron chi connectivity index (χ0n) is 16.7. The van der Waals surface area contributed by atoms with Crippen LogP contribution in [0, 0.1) is 6.92 Å². The first kappa shape index (κ1) is 22.6. The van der Waals surface area contributed by atoms with Gasteiger partial charge in [0.25, 0.3) is 0 Å². The molecule has 2 amide bonds. The molecule has 0 saturated heterocycles. The van der Waals surface area contributed by atoms with Gasteiger partial charge in [-0.3, -0.25) is 9.59 Å². The van der Waals surface area contributed by atoms with Gasteiger partial charge in [-0.05, 0) is 76.5 Å². The molecule has 3 aromatic rings. The number of aryl methyl sites for hydroxylation is 1. The lowest BCUT2D eigenvalue weighted by molar-refractivity contribution is -0.115. The van der Waals surface area contributed by atoms with E-state index in [1.807, 2.05) is 25.1 Å². The molecular formula is C24H20BrClN2O3. The molecule has 7 heteroatoms. The van der Waals surface area contributed by atoms with E-state index in [0.29, 0.717) is 33.5 Å². The van der Waals surface area contributed by atoms with Crippen LogP contribution in [0.15, 0.2) is 77.8 Å². The molecule has 3 rings (SSSR count). The summed E-state index contributed by atoms with van der Waals surface area (Å²) in [7, 11) is 0. The largest absolute Gasteiger partial charge is 0.455 e. The fraction of sp³-hybridized carbons (Fsp3) is 0.0833. The van der Waals surface area contributed by atoms with Crippen molar-refractivity contribution in [3.63, 3.8) is 0 Å². The molecule has 0 bridgehead atoms. The first-order chi connectivity index (χ1) is 14.9. The third kappa shape index (κ3) is 6.20. The Morgan fingerprint density at radius 1 is 1.06 bits per heavy atom. The topological polar surface area (TPSA) is 67.4 Å². The van der Waals surface area contributed by atoms with Crippen LogP contribution in [0.4, 0.5) is 11.4 Å². The number of hydrogen-bond donors (Lipinski definition) is 2. The lowest BCUT2D eigenvalue weighted by Crippen LogP contribution is -2.16. The molecule has 0 atom stereocenters. The van der Waals surface area contributed by atoms with Crippen molar-refractivity contribution in [2.45, 2.75) is 13.3 Å². The van der Waals surface area contributed by atoms with Crippen molar-refractivity contribution in [3.8, 4) is 11.5 Å². The highest BCUT2D eigenvalue weighted by molar-refractivity contribution is 9.10. The molecule has 2 N–H and O–H groups in total. The summed E-state index contributed by atoms with van der Waals surface area (Å²) >= 11 is 9.83. The molecule has 0 spiro atoms. The van der Waals surface area contributed by atoms with E-state index in [1.165, 1.54) is 6.08 Å². The number of carbonyl (C=O) groups is 2. The molecule has 0 aliphatic heterocycles. The molecule has 0 radical (unpaired) electrons. The Hall–Kier alpha value is -3.09. The summed E-state index contributed by atoms with van der Waals surface area (Å²) in [5.41, 5.74) is 2.89. The van der Waals surface area contributed by atoms with E-state index in [2.05, 4.69) is 33.1 Å². The van der Waals surface area contributed by atoms with Crippen LogP contribution in [0.25, 0.3) is 0 Å². The van der Waals surface area contributed by atoms with Crippen molar-refractivity contribution in [2.24, 2.45) is 0 Å². The lowest BCUT2D eigenvalue weighted by atomic mass is 10.1. The summed E-state index contributed by atoms with van der Waals surface area (Å²) in [5.74, 6) is 0.533. The summed E-state index contributed by atoms with van der Waals surface area (Å²) in [4.78, 5) is 24.1. The third-order valence-electron chi connectivity index (χ3n) is 4.33. The van der Waals surface area contributed by atoms with Crippen LogP contribution in [0.2, 0.25) is 5.02 Å². The molecule has 31 heavy (non-hydrogen) atoms. The van der Waals surface area contributed by atoms with Crippen molar-refractivity contribution in [1.82, 2.24) is 0 Å². The van der Waals surface area contributed by atoms with Crippen molar-refractivity contribution in [3.05, 3.63) is 93.9 Å². The molecule has 0 heterocycles. The van der Waals surface area contributed by atoms with E-state index in [4.69, 9.17) is 16.3 Å². The number of anilines is 2. The van der Waals surface area contributed by atoms with Crippen molar-refractivity contribution >= 4 is 50.7 Å². The monoisotopic (exact) mass is 498 g/mol. The zero-order valence-corrected chi connectivity index (χ0v) is 19.1. The van der Waals surface area contributed by atoms with Crippen LogP contribution < -0.4 is 15.4 Å². The van der Waals surface area contributed by atoms with Crippen LogP contribution in [-0.4, -0.2) is 11.8 Å².